The maximum Gasteiger partial charge on any atom is 0.232 e. The summed E-state index contributed by atoms with van der Waals surface area (Å²) in [5.41, 5.74) is 1.95. The largest absolute Gasteiger partial charge is 0.496 e. The number of nitrogens with zero attached hydrogens (tertiary/aromatic N) is 1. The molecule has 2 amide bonds. The van der Waals surface area contributed by atoms with Crippen LogP contribution < -0.4 is 19.7 Å². The monoisotopic (exact) mass is 408 g/mol. The van der Waals surface area contributed by atoms with E-state index in [0.29, 0.717) is 30.3 Å². The van der Waals surface area contributed by atoms with E-state index in [1.54, 1.807) is 12.0 Å². The van der Waals surface area contributed by atoms with Gasteiger partial charge < -0.3 is 19.7 Å². The molecule has 0 spiro atoms. The van der Waals surface area contributed by atoms with Crippen molar-refractivity contribution in [2.75, 3.05) is 30.5 Å². The molecule has 2 atom stereocenters. The van der Waals surface area contributed by atoms with Crippen molar-refractivity contribution in [1.29, 1.82) is 0 Å². The van der Waals surface area contributed by atoms with Crippen LogP contribution in [0.4, 0.5) is 11.4 Å². The van der Waals surface area contributed by atoms with Crippen LogP contribution in [0, 0.1) is 11.3 Å². The molecule has 0 aromatic heterocycles. The van der Waals surface area contributed by atoms with Gasteiger partial charge in [0.25, 0.3) is 0 Å². The summed E-state index contributed by atoms with van der Waals surface area (Å²) in [6.45, 7) is 6.67. The molecule has 1 saturated carbocycles. The van der Waals surface area contributed by atoms with Crippen molar-refractivity contribution in [3.63, 3.8) is 0 Å². The fourth-order valence-corrected chi connectivity index (χ4v) is 3.95. The van der Waals surface area contributed by atoms with Crippen molar-refractivity contribution in [2.45, 2.75) is 33.1 Å². The minimum Gasteiger partial charge on any atom is -0.496 e. The van der Waals surface area contributed by atoms with Gasteiger partial charge in [-0.1, -0.05) is 39.0 Å². The summed E-state index contributed by atoms with van der Waals surface area (Å²) < 4.78 is 11.1. The summed E-state index contributed by atoms with van der Waals surface area (Å²) in [6, 6.07) is 13.3. The van der Waals surface area contributed by atoms with Gasteiger partial charge in [0.05, 0.1) is 19.3 Å². The van der Waals surface area contributed by atoms with Gasteiger partial charge in [-0.05, 0) is 42.2 Å². The fourth-order valence-electron chi connectivity index (χ4n) is 3.95. The number of rotatable bonds is 4. The van der Waals surface area contributed by atoms with E-state index in [2.05, 4.69) is 5.32 Å². The first-order chi connectivity index (χ1) is 14.3. The molecule has 0 bridgehead atoms. The number of carbonyl (C=O) groups is 2. The number of amides is 2. The van der Waals surface area contributed by atoms with Crippen LogP contribution in [0.5, 0.6) is 11.5 Å². The summed E-state index contributed by atoms with van der Waals surface area (Å²) in [5, 5.41) is 3.02. The zero-order valence-electron chi connectivity index (χ0n) is 17.9. The third-order valence-corrected chi connectivity index (χ3v) is 5.64. The molecule has 1 N–H and O–H groups in total. The lowest BCUT2D eigenvalue weighted by Crippen LogP contribution is -2.44. The Hall–Kier alpha value is -3.02. The van der Waals surface area contributed by atoms with Crippen LogP contribution in [-0.4, -0.2) is 32.1 Å². The van der Waals surface area contributed by atoms with E-state index < -0.39 is 5.41 Å². The van der Waals surface area contributed by atoms with E-state index >= 15 is 0 Å². The number of hydrogen-bond acceptors (Lipinski definition) is 4. The Morgan fingerprint density at radius 2 is 1.93 bits per heavy atom. The number of benzene rings is 2. The van der Waals surface area contributed by atoms with Crippen molar-refractivity contribution >= 4 is 23.2 Å². The second kappa shape index (κ2) is 7.67. The third-order valence-electron chi connectivity index (χ3n) is 5.64. The summed E-state index contributed by atoms with van der Waals surface area (Å²) >= 11 is 0. The second-order valence-corrected chi connectivity index (χ2v) is 8.92. The van der Waals surface area contributed by atoms with Crippen LogP contribution in [0.3, 0.4) is 0 Å². The van der Waals surface area contributed by atoms with Crippen molar-refractivity contribution in [3.05, 3.63) is 48.0 Å². The predicted octanol–water partition coefficient (Wildman–Crippen LogP) is 4.21. The molecule has 1 aliphatic heterocycles. The van der Waals surface area contributed by atoms with E-state index in [1.165, 1.54) is 0 Å². The quantitative estimate of drug-likeness (QED) is 0.823. The average Bonchev–Trinajstić information content (AvgIpc) is 3.53. The molecule has 0 saturated heterocycles. The van der Waals surface area contributed by atoms with Gasteiger partial charge in [-0.3, -0.25) is 9.59 Å². The van der Waals surface area contributed by atoms with Gasteiger partial charge in [-0.15, -0.1) is 0 Å². The number of hydrogen-bond donors (Lipinski definition) is 1. The Bertz CT molecular complexity index is 979. The Labute approximate surface area is 177 Å². The minimum absolute atomic E-state index is 0.0173. The molecule has 6 heteroatoms. The zero-order chi connectivity index (χ0) is 21.5. The first kappa shape index (κ1) is 20.3. The zero-order valence-corrected chi connectivity index (χ0v) is 17.9. The number of nitrogens with one attached hydrogen (secondary N) is 1. The third kappa shape index (κ3) is 3.86. The lowest BCUT2D eigenvalue weighted by molar-refractivity contribution is -0.126. The van der Waals surface area contributed by atoms with Crippen LogP contribution >= 0.6 is 0 Å². The number of ether oxygens (including phenoxy) is 2. The number of methoxy groups -OCH3 is 1. The molecule has 2 aromatic rings. The molecule has 158 valence electrons. The number of anilines is 2. The van der Waals surface area contributed by atoms with Gasteiger partial charge in [0.1, 0.15) is 18.1 Å². The highest BCUT2D eigenvalue weighted by atomic mass is 16.5. The van der Waals surface area contributed by atoms with Gasteiger partial charge in [0, 0.05) is 17.0 Å². The fraction of sp³-hybridized carbons (Fsp3) is 0.417. The van der Waals surface area contributed by atoms with Crippen LogP contribution in [-0.2, 0) is 9.59 Å². The van der Waals surface area contributed by atoms with Crippen molar-refractivity contribution in [2.24, 2.45) is 11.3 Å². The summed E-state index contributed by atoms with van der Waals surface area (Å²) in [5.74, 6) is 1.59. The minimum atomic E-state index is -0.496. The summed E-state index contributed by atoms with van der Waals surface area (Å²) in [6.07, 6.45) is 0.800. The molecular weight excluding hydrogens is 380 g/mol. The van der Waals surface area contributed by atoms with Crippen LogP contribution in [0.15, 0.2) is 42.5 Å². The van der Waals surface area contributed by atoms with Crippen molar-refractivity contribution in [1.82, 2.24) is 0 Å². The Morgan fingerprint density at radius 3 is 2.67 bits per heavy atom. The summed E-state index contributed by atoms with van der Waals surface area (Å²) in [7, 11) is 1.65. The molecule has 2 aromatic carbocycles. The molecule has 1 heterocycles. The summed E-state index contributed by atoms with van der Waals surface area (Å²) in [4.78, 5) is 27.5. The van der Waals surface area contributed by atoms with E-state index in [-0.39, 0.29) is 23.7 Å². The highest BCUT2D eigenvalue weighted by molar-refractivity contribution is 6.00. The van der Waals surface area contributed by atoms with Crippen molar-refractivity contribution in [3.8, 4) is 11.5 Å². The molecule has 2 unspecified atom stereocenters. The lowest BCUT2D eigenvalue weighted by atomic mass is 9.94. The van der Waals surface area contributed by atoms with Crippen LogP contribution in [0.2, 0.25) is 0 Å². The van der Waals surface area contributed by atoms with Gasteiger partial charge in [-0.25, -0.2) is 0 Å². The van der Waals surface area contributed by atoms with E-state index in [0.717, 1.165) is 17.7 Å². The topological polar surface area (TPSA) is 67.9 Å². The molecular formula is C24H28N2O4. The maximum atomic E-state index is 12.9. The second-order valence-electron chi connectivity index (χ2n) is 8.92. The molecule has 30 heavy (non-hydrogen) atoms. The molecule has 1 fully saturated rings. The smallest absolute Gasteiger partial charge is 0.232 e. The highest BCUT2D eigenvalue weighted by Crippen LogP contribution is 2.51. The number of fused-ring (bicyclic) bond motifs is 1. The average molecular weight is 408 g/mol. The normalized spacial score (nSPS) is 20.1. The van der Waals surface area contributed by atoms with Gasteiger partial charge in [0.15, 0.2) is 0 Å². The number of carbonyl (C=O) groups excluding carboxylic acids is 2. The van der Waals surface area contributed by atoms with Crippen molar-refractivity contribution < 1.29 is 19.1 Å². The first-order valence-electron chi connectivity index (χ1n) is 10.3. The maximum absolute atomic E-state index is 12.9. The Morgan fingerprint density at radius 1 is 1.17 bits per heavy atom. The number of para-hydroxylation sites is 1. The highest BCUT2D eigenvalue weighted by Gasteiger charge is 2.45. The van der Waals surface area contributed by atoms with Crippen LogP contribution in [0.1, 0.15) is 38.7 Å². The standard InChI is InChI=1S/C24H28N2O4/c1-24(2,3)23(28)26-11-12-30-21-10-9-15(13-19(21)26)25-22(27)18-14-17(18)16-7-5-6-8-20(16)29-4/h5-10,13,17-18H,11-12,14H2,1-4H3,(H,25,27). The molecule has 1 aliphatic carbocycles. The molecule has 0 radical (unpaired) electrons. The van der Waals surface area contributed by atoms with Gasteiger partial charge >= 0.3 is 0 Å². The first-order valence-corrected chi connectivity index (χ1v) is 10.3. The molecule has 4 rings (SSSR count). The Balaban J connectivity index is 1.50. The van der Waals surface area contributed by atoms with E-state index in [9.17, 15) is 9.59 Å². The van der Waals surface area contributed by atoms with Gasteiger partial charge in [-0.2, -0.15) is 0 Å². The predicted molar refractivity (Wildman–Crippen MR) is 116 cm³/mol. The van der Waals surface area contributed by atoms with Crippen LogP contribution in [0.25, 0.3) is 0 Å². The van der Waals surface area contributed by atoms with Gasteiger partial charge in [0.2, 0.25) is 11.8 Å². The van der Waals surface area contributed by atoms with E-state index in [1.807, 2.05) is 63.2 Å². The lowest BCUT2D eigenvalue weighted by Gasteiger charge is -2.34. The Kier molecular flexibility index (Phi) is 5.18. The molecule has 2 aliphatic rings. The SMILES string of the molecule is COc1ccccc1C1CC1C(=O)Nc1ccc2c(c1)N(C(=O)C(C)(C)C)CCO2. The van der Waals surface area contributed by atoms with E-state index in [4.69, 9.17) is 9.47 Å². The molecule has 6 nitrogen and oxygen atoms in total.